The number of nitrogens with zero attached hydrogens (tertiary/aromatic N) is 2. The Morgan fingerprint density at radius 2 is 2.24 bits per heavy atom. The van der Waals surface area contributed by atoms with Crippen molar-refractivity contribution in [2.24, 2.45) is 0 Å². The van der Waals surface area contributed by atoms with Crippen LogP contribution in [0.5, 0.6) is 0 Å². The van der Waals surface area contributed by atoms with Crippen molar-refractivity contribution in [3.8, 4) is 0 Å². The van der Waals surface area contributed by atoms with Crippen molar-refractivity contribution >= 4 is 10.0 Å². The van der Waals surface area contributed by atoms with Crippen LogP contribution in [0.15, 0.2) is 29.8 Å². The normalized spacial score (nSPS) is 12.0. The number of aliphatic hydroxyl groups excluding tert-OH is 1. The Morgan fingerprint density at radius 3 is 2.76 bits per heavy atom. The van der Waals surface area contributed by atoms with Gasteiger partial charge in [0.1, 0.15) is 4.90 Å². The van der Waals surface area contributed by atoms with E-state index in [0.717, 1.165) is 6.42 Å². The van der Waals surface area contributed by atoms with Crippen LogP contribution in [-0.4, -0.2) is 49.2 Å². The number of hydrogen-bond donors (Lipinski definition) is 1. The quantitative estimate of drug-likeness (QED) is 0.659. The van der Waals surface area contributed by atoms with Crippen LogP contribution in [0, 0.1) is 0 Å². The maximum atomic E-state index is 12.6. The summed E-state index contributed by atoms with van der Waals surface area (Å²) in [6, 6.07) is 1.52. The molecule has 21 heavy (non-hydrogen) atoms. The molecule has 0 radical (unpaired) electrons. The number of aryl methyl sites for hydroxylation is 1. The maximum absolute atomic E-state index is 12.6. The van der Waals surface area contributed by atoms with Crippen molar-refractivity contribution in [3.05, 3.63) is 30.6 Å². The van der Waals surface area contributed by atoms with Gasteiger partial charge in [0.05, 0.1) is 13.2 Å². The molecule has 7 heteroatoms. The summed E-state index contributed by atoms with van der Waals surface area (Å²) in [5, 5.41) is 9.34. The summed E-state index contributed by atoms with van der Waals surface area (Å²) in [6.45, 7) is 6.87. The van der Waals surface area contributed by atoms with Gasteiger partial charge in [-0.25, -0.2) is 8.42 Å². The van der Waals surface area contributed by atoms with Crippen molar-refractivity contribution in [3.63, 3.8) is 0 Å². The Bertz CT molecular complexity index is 551. The zero-order valence-electron chi connectivity index (χ0n) is 12.7. The molecule has 0 aliphatic rings. The molecule has 0 aliphatic carbocycles. The molecule has 0 amide bonds. The molecule has 1 rings (SSSR count). The second-order valence-corrected chi connectivity index (χ2v) is 6.60. The molecule has 0 unspecified atom stereocenters. The molecule has 120 valence electrons. The van der Waals surface area contributed by atoms with E-state index in [1.54, 1.807) is 16.8 Å². The number of methoxy groups -OCH3 is 1. The van der Waals surface area contributed by atoms with E-state index >= 15 is 0 Å². The fraction of sp³-hybridized carbons (Fsp3) is 0.571. The summed E-state index contributed by atoms with van der Waals surface area (Å²) in [7, 11) is -2.09. The standard InChI is InChI=1S/C14H24N2O4S/c1-4-6-15-11-14(10-13(15)12-17)21(18,19)16(7-5-2)8-9-20-3/h5,10-11,17H,2,4,6-9,12H2,1,3H3. The average Bonchev–Trinajstić information content (AvgIpc) is 2.87. The van der Waals surface area contributed by atoms with Crippen molar-refractivity contribution in [2.75, 3.05) is 26.8 Å². The number of aliphatic hydroxyl groups is 1. The molecule has 0 aliphatic heterocycles. The molecule has 1 N–H and O–H groups in total. The topological polar surface area (TPSA) is 71.8 Å². The van der Waals surface area contributed by atoms with Gasteiger partial charge in [0.25, 0.3) is 0 Å². The largest absolute Gasteiger partial charge is 0.390 e. The van der Waals surface area contributed by atoms with E-state index in [-0.39, 0.29) is 24.6 Å². The van der Waals surface area contributed by atoms with Gasteiger partial charge in [-0.15, -0.1) is 6.58 Å². The van der Waals surface area contributed by atoms with E-state index in [0.29, 0.717) is 18.8 Å². The third-order valence-corrected chi connectivity index (χ3v) is 4.93. The van der Waals surface area contributed by atoms with Crippen molar-refractivity contribution in [2.45, 2.75) is 31.4 Å². The lowest BCUT2D eigenvalue weighted by molar-refractivity contribution is 0.182. The monoisotopic (exact) mass is 316 g/mol. The Hall–Kier alpha value is -1.15. The number of aromatic nitrogens is 1. The van der Waals surface area contributed by atoms with Crippen molar-refractivity contribution < 1.29 is 18.3 Å². The second-order valence-electron chi connectivity index (χ2n) is 4.66. The van der Waals surface area contributed by atoms with E-state index in [2.05, 4.69) is 6.58 Å². The molecule has 0 fully saturated rings. The molecule has 0 bridgehead atoms. The predicted octanol–water partition coefficient (Wildman–Crippen LogP) is 1.21. The van der Waals surface area contributed by atoms with Gasteiger partial charge in [-0.3, -0.25) is 0 Å². The molecule has 0 spiro atoms. The minimum atomic E-state index is -3.62. The van der Waals surface area contributed by atoms with Gasteiger partial charge < -0.3 is 14.4 Å². The zero-order chi connectivity index (χ0) is 15.9. The van der Waals surface area contributed by atoms with Crippen LogP contribution >= 0.6 is 0 Å². The van der Waals surface area contributed by atoms with Crippen LogP contribution in [-0.2, 0) is 27.9 Å². The van der Waals surface area contributed by atoms with Crippen molar-refractivity contribution in [1.82, 2.24) is 8.87 Å². The highest BCUT2D eigenvalue weighted by Crippen LogP contribution is 2.19. The van der Waals surface area contributed by atoms with Gasteiger partial charge in [0.2, 0.25) is 10.0 Å². The summed E-state index contributed by atoms with van der Waals surface area (Å²) >= 11 is 0. The number of ether oxygens (including phenoxy) is 1. The first-order valence-electron chi connectivity index (χ1n) is 6.91. The van der Waals surface area contributed by atoms with E-state index < -0.39 is 10.0 Å². The van der Waals surface area contributed by atoms with Crippen LogP contribution in [0.4, 0.5) is 0 Å². The van der Waals surface area contributed by atoms with Gasteiger partial charge in [-0.1, -0.05) is 13.0 Å². The Morgan fingerprint density at radius 1 is 1.52 bits per heavy atom. The van der Waals surface area contributed by atoms with Crippen LogP contribution < -0.4 is 0 Å². The van der Waals surface area contributed by atoms with Gasteiger partial charge in [-0.05, 0) is 12.5 Å². The molecule has 1 aromatic rings. The third kappa shape index (κ3) is 4.41. The average molecular weight is 316 g/mol. The van der Waals surface area contributed by atoms with E-state index in [9.17, 15) is 13.5 Å². The minimum absolute atomic E-state index is 0.185. The van der Waals surface area contributed by atoms with Crippen LogP contribution in [0.3, 0.4) is 0 Å². The number of sulfonamides is 1. The highest BCUT2D eigenvalue weighted by Gasteiger charge is 2.25. The summed E-state index contributed by atoms with van der Waals surface area (Å²) in [4.78, 5) is 0.193. The maximum Gasteiger partial charge on any atom is 0.244 e. The summed E-state index contributed by atoms with van der Waals surface area (Å²) < 4.78 is 33.3. The van der Waals surface area contributed by atoms with E-state index in [4.69, 9.17) is 4.74 Å². The first kappa shape index (κ1) is 17.9. The molecular formula is C14H24N2O4S. The second kappa shape index (κ2) is 8.33. The van der Waals surface area contributed by atoms with Gasteiger partial charge in [-0.2, -0.15) is 4.31 Å². The Balaban J connectivity index is 3.11. The first-order valence-corrected chi connectivity index (χ1v) is 8.35. The lowest BCUT2D eigenvalue weighted by atomic mass is 10.4. The highest BCUT2D eigenvalue weighted by molar-refractivity contribution is 7.89. The SMILES string of the molecule is C=CCN(CCOC)S(=O)(=O)c1cc(CO)n(CCC)c1. The molecular weight excluding hydrogens is 292 g/mol. The predicted molar refractivity (Wildman–Crippen MR) is 81.5 cm³/mol. The van der Waals surface area contributed by atoms with Crippen LogP contribution in [0.2, 0.25) is 0 Å². The molecule has 0 aromatic carbocycles. The lowest BCUT2D eigenvalue weighted by Crippen LogP contribution is -2.33. The number of hydrogen-bond acceptors (Lipinski definition) is 4. The molecule has 1 heterocycles. The fourth-order valence-electron chi connectivity index (χ4n) is 2.04. The summed E-state index contributed by atoms with van der Waals surface area (Å²) in [6.07, 6.45) is 3.98. The number of rotatable bonds is 10. The molecule has 0 saturated carbocycles. The smallest absolute Gasteiger partial charge is 0.244 e. The lowest BCUT2D eigenvalue weighted by Gasteiger charge is -2.19. The molecule has 0 atom stereocenters. The van der Waals surface area contributed by atoms with E-state index in [1.807, 2.05) is 6.92 Å². The fourth-order valence-corrected chi connectivity index (χ4v) is 3.50. The molecule has 0 saturated heterocycles. The van der Waals surface area contributed by atoms with Crippen LogP contribution in [0.25, 0.3) is 0 Å². The van der Waals surface area contributed by atoms with Crippen LogP contribution in [0.1, 0.15) is 19.0 Å². The Kier molecular flexibility index (Phi) is 7.10. The van der Waals surface area contributed by atoms with E-state index in [1.165, 1.54) is 17.5 Å². The summed E-state index contributed by atoms with van der Waals surface area (Å²) in [5.41, 5.74) is 0.598. The van der Waals surface area contributed by atoms with Gasteiger partial charge in [0, 0.05) is 38.6 Å². The minimum Gasteiger partial charge on any atom is -0.390 e. The summed E-state index contributed by atoms with van der Waals surface area (Å²) in [5.74, 6) is 0. The third-order valence-electron chi connectivity index (χ3n) is 3.10. The van der Waals surface area contributed by atoms with Gasteiger partial charge in [0.15, 0.2) is 0 Å². The molecule has 1 aromatic heterocycles. The first-order chi connectivity index (χ1) is 10.0. The zero-order valence-corrected chi connectivity index (χ0v) is 13.5. The van der Waals surface area contributed by atoms with Crippen molar-refractivity contribution in [1.29, 1.82) is 0 Å². The Labute approximate surface area is 126 Å². The highest BCUT2D eigenvalue weighted by atomic mass is 32.2. The van der Waals surface area contributed by atoms with Gasteiger partial charge >= 0.3 is 0 Å². The molecule has 6 nitrogen and oxygen atoms in total.